The fraction of sp³-hybridized carbons (Fsp3) is 0.650. The normalized spacial score (nSPS) is 22.4. The minimum Gasteiger partial charge on any atom is -0.379 e. The summed E-state index contributed by atoms with van der Waals surface area (Å²) in [6, 6.07) is 10.4. The second kappa shape index (κ2) is 8.24. The number of nitrogens with zero attached hydrogens (tertiary/aromatic N) is 2. The van der Waals surface area contributed by atoms with Crippen LogP contribution in [0.3, 0.4) is 0 Å². The van der Waals surface area contributed by atoms with E-state index < -0.39 is 0 Å². The average Bonchev–Trinajstić information content (AvgIpc) is 2.67. The first kappa shape index (κ1) is 17.6. The smallest absolute Gasteiger partial charge is 0.143 e. The van der Waals surface area contributed by atoms with Crippen LogP contribution in [-0.2, 0) is 14.9 Å². The highest BCUT2D eigenvalue weighted by atomic mass is 16.5. The zero-order valence-electron chi connectivity index (χ0n) is 14.9. The Morgan fingerprint density at radius 1 is 1.00 bits per heavy atom. The average molecular weight is 330 g/mol. The third-order valence-electron chi connectivity index (χ3n) is 5.73. The van der Waals surface area contributed by atoms with E-state index in [-0.39, 0.29) is 5.41 Å². The molecule has 4 nitrogen and oxygen atoms in total. The molecule has 24 heavy (non-hydrogen) atoms. The van der Waals surface area contributed by atoms with Crippen molar-refractivity contribution in [1.29, 1.82) is 0 Å². The molecule has 1 aromatic rings. The van der Waals surface area contributed by atoms with Crippen molar-refractivity contribution in [2.45, 2.75) is 31.6 Å². The van der Waals surface area contributed by atoms with E-state index in [1.165, 1.54) is 5.56 Å². The van der Waals surface area contributed by atoms with Crippen molar-refractivity contribution in [2.24, 2.45) is 0 Å². The van der Waals surface area contributed by atoms with Crippen molar-refractivity contribution in [3.05, 3.63) is 35.9 Å². The third kappa shape index (κ3) is 3.88. The third-order valence-corrected chi connectivity index (χ3v) is 5.73. The van der Waals surface area contributed by atoms with Crippen LogP contribution in [0.15, 0.2) is 30.3 Å². The number of ether oxygens (including phenoxy) is 1. The van der Waals surface area contributed by atoms with Gasteiger partial charge in [-0.3, -0.25) is 9.69 Å². The summed E-state index contributed by atoms with van der Waals surface area (Å²) in [4.78, 5) is 17.8. The molecule has 0 amide bonds. The van der Waals surface area contributed by atoms with Crippen LogP contribution >= 0.6 is 0 Å². The van der Waals surface area contributed by atoms with Gasteiger partial charge in [-0.1, -0.05) is 37.3 Å². The Kier molecular flexibility index (Phi) is 6.04. The van der Waals surface area contributed by atoms with E-state index in [2.05, 4.69) is 34.1 Å². The van der Waals surface area contributed by atoms with Gasteiger partial charge in [0.1, 0.15) is 5.78 Å². The molecule has 1 aromatic carbocycles. The highest BCUT2D eigenvalue weighted by Crippen LogP contribution is 2.37. The number of piperidine rings is 1. The van der Waals surface area contributed by atoms with Gasteiger partial charge in [0.15, 0.2) is 0 Å². The van der Waals surface area contributed by atoms with E-state index >= 15 is 0 Å². The number of rotatable bonds is 6. The summed E-state index contributed by atoms with van der Waals surface area (Å²) in [5, 5.41) is 0. The number of carbonyl (C=O) groups is 1. The first-order chi connectivity index (χ1) is 11.7. The Labute approximate surface area is 145 Å². The molecule has 0 unspecified atom stereocenters. The van der Waals surface area contributed by atoms with E-state index in [0.717, 1.165) is 65.3 Å². The fourth-order valence-corrected chi connectivity index (χ4v) is 4.09. The largest absolute Gasteiger partial charge is 0.379 e. The van der Waals surface area contributed by atoms with Gasteiger partial charge in [0, 0.05) is 32.6 Å². The summed E-state index contributed by atoms with van der Waals surface area (Å²) in [5.41, 5.74) is 0.954. The maximum absolute atomic E-state index is 12.8. The minimum absolute atomic E-state index is 0.258. The van der Waals surface area contributed by atoms with Crippen LogP contribution in [0.4, 0.5) is 0 Å². The number of morpholine rings is 1. The molecule has 132 valence electrons. The van der Waals surface area contributed by atoms with Gasteiger partial charge in [-0.05, 0) is 31.5 Å². The summed E-state index contributed by atoms with van der Waals surface area (Å²) < 4.78 is 5.41. The lowest BCUT2D eigenvalue weighted by Gasteiger charge is -2.42. The molecule has 2 aliphatic heterocycles. The van der Waals surface area contributed by atoms with Crippen LogP contribution in [-0.4, -0.2) is 68.1 Å². The van der Waals surface area contributed by atoms with E-state index in [4.69, 9.17) is 4.74 Å². The SMILES string of the molecule is CCC(=O)C1(c2ccccc2)CCN(CCN2CCOCC2)CC1. The summed E-state index contributed by atoms with van der Waals surface area (Å²) in [7, 11) is 0. The standard InChI is InChI=1S/C20H30N2O2/c1-2-19(23)20(18-6-4-3-5-7-18)8-10-21(11-9-20)12-13-22-14-16-24-17-15-22/h3-7H,2,8-17H2,1H3. The molecule has 0 bridgehead atoms. The number of likely N-dealkylation sites (tertiary alicyclic amines) is 1. The number of hydrogen-bond donors (Lipinski definition) is 0. The van der Waals surface area contributed by atoms with Crippen molar-refractivity contribution in [3.63, 3.8) is 0 Å². The monoisotopic (exact) mass is 330 g/mol. The van der Waals surface area contributed by atoms with Crippen LogP contribution in [0, 0.1) is 0 Å². The highest BCUT2D eigenvalue weighted by Gasteiger charge is 2.41. The van der Waals surface area contributed by atoms with Crippen molar-refractivity contribution in [3.8, 4) is 0 Å². The first-order valence-electron chi connectivity index (χ1n) is 9.36. The molecule has 0 atom stereocenters. The van der Waals surface area contributed by atoms with Crippen molar-refractivity contribution in [2.75, 3.05) is 52.5 Å². The molecule has 0 aliphatic carbocycles. The van der Waals surface area contributed by atoms with Crippen LogP contribution in [0.1, 0.15) is 31.7 Å². The van der Waals surface area contributed by atoms with Gasteiger partial charge in [-0.15, -0.1) is 0 Å². The Balaban J connectivity index is 1.59. The van der Waals surface area contributed by atoms with Gasteiger partial charge < -0.3 is 9.64 Å². The molecule has 2 fully saturated rings. The fourth-order valence-electron chi connectivity index (χ4n) is 4.09. The molecule has 2 aliphatic rings. The lowest BCUT2D eigenvalue weighted by atomic mass is 9.69. The summed E-state index contributed by atoms with van der Waals surface area (Å²) in [6.07, 6.45) is 2.53. The maximum atomic E-state index is 12.8. The number of Topliss-reactive ketones (excluding diaryl/α,β-unsaturated/α-hetero) is 1. The number of ketones is 1. The molecule has 4 heteroatoms. The van der Waals surface area contributed by atoms with Crippen LogP contribution < -0.4 is 0 Å². The van der Waals surface area contributed by atoms with Crippen LogP contribution in [0.5, 0.6) is 0 Å². The van der Waals surface area contributed by atoms with Gasteiger partial charge in [0.2, 0.25) is 0 Å². The maximum Gasteiger partial charge on any atom is 0.143 e. The molecule has 0 radical (unpaired) electrons. The topological polar surface area (TPSA) is 32.8 Å². The van der Waals surface area contributed by atoms with Gasteiger partial charge in [0.25, 0.3) is 0 Å². The molecule has 0 saturated carbocycles. The number of hydrogen-bond acceptors (Lipinski definition) is 4. The Morgan fingerprint density at radius 2 is 1.58 bits per heavy atom. The molecule has 0 N–H and O–H groups in total. The number of carbonyl (C=O) groups excluding carboxylic acids is 1. The van der Waals surface area contributed by atoms with Gasteiger partial charge in [-0.2, -0.15) is 0 Å². The Morgan fingerprint density at radius 3 is 2.17 bits per heavy atom. The summed E-state index contributed by atoms with van der Waals surface area (Å²) in [5.74, 6) is 0.404. The summed E-state index contributed by atoms with van der Waals surface area (Å²) in [6.45, 7) is 10.1. The van der Waals surface area contributed by atoms with Crippen molar-refractivity contribution in [1.82, 2.24) is 9.80 Å². The molecular weight excluding hydrogens is 300 g/mol. The van der Waals surface area contributed by atoms with Crippen LogP contribution in [0.25, 0.3) is 0 Å². The number of benzene rings is 1. The van der Waals surface area contributed by atoms with Crippen molar-refractivity contribution >= 4 is 5.78 Å². The Hall–Kier alpha value is -1.23. The first-order valence-corrected chi connectivity index (χ1v) is 9.36. The van der Waals surface area contributed by atoms with Gasteiger partial charge in [0.05, 0.1) is 18.6 Å². The highest BCUT2D eigenvalue weighted by molar-refractivity contribution is 5.90. The molecular formula is C20H30N2O2. The quantitative estimate of drug-likeness (QED) is 0.801. The van der Waals surface area contributed by atoms with E-state index in [0.29, 0.717) is 12.2 Å². The lowest BCUT2D eigenvalue weighted by molar-refractivity contribution is -0.126. The zero-order valence-corrected chi connectivity index (χ0v) is 14.9. The molecule has 3 rings (SSSR count). The van der Waals surface area contributed by atoms with E-state index in [9.17, 15) is 4.79 Å². The predicted octanol–water partition coefficient (Wildman–Crippen LogP) is 2.33. The predicted molar refractivity (Wildman–Crippen MR) is 96.4 cm³/mol. The lowest BCUT2D eigenvalue weighted by Crippen LogP contribution is -2.49. The molecule has 2 saturated heterocycles. The zero-order chi connectivity index (χ0) is 16.8. The van der Waals surface area contributed by atoms with E-state index in [1.807, 2.05) is 13.0 Å². The van der Waals surface area contributed by atoms with Gasteiger partial charge in [-0.25, -0.2) is 0 Å². The molecule has 0 aromatic heterocycles. The molecule has 2 heterocycles. The Bertz CT molecular complexity index is 518. The second-order valence-corrected chi connectivity index (χ2v) is 7.02. The molecule has 0 spiro atoms. The van der Waals surface area contributed by atoms with Crippen molar-refractivity contribution < 1.29 is 9.53 Å². The van der Waals surface area contributed by atoms with E-state index in [1.54, 1.807) is 0 Å². The summed E-state index contributed by atoms with van der Waals surface area (Å²) >= 11 is 0. The minimum atomic E-state index is -0.258. The van der Waals surface area contributed by atoms with Crippen LogP contribution in [0.2, 0.25) is 0 Å². The second-order valence-electron chi connectivity index (χ2n) is 7.02. The van der Waals surface area contributed by atoms with Gasteiger partial charge >= 0.3 is 0 Å².